The highest BCUT2D eigenvalue weighted by atomic mass is 35.5. The summed E-state index contributed by atoms with van der Waals surface area (Å²) in [6, 6.07) is 0.0407. The van der Waals surface area contributed by atoms with E-state index >= 15 is 0 Å². The molecular weight excluding hydrogens is 274 g/mol. The molecule has 0 aromatic carbocycles. The number of halogens is 3. The van der Waals surface area contributed by atoms with Crippen molar-refractivity contribution < 1.29 is 8.78 Å². The fourth-order valence-electron chi connectivity index (χ4n) is 2.54. The summed E-state index contributed by atoms with van der Waals surface area (Å²) in [4.78, 5) is 9.73. The van der Waals surface area contributed by atoms with Gasteiger partial charge in [-0.25, -0.2) is 18.7 Å². The van der Waals surface area contributed by atoms with Crippen LogP contribution in [-0.2, 0) is 0 Å². The maximum Gasteiger partial charge on any atom is 0.260 e. The molecule has 2 atom stereocenters. The average Bonchev–Trinajstić information content (AvgIpc) is 2.29. The summed E-state index contributed by atoms with van der Waals surface area (Å²) >= 11 is 5.69. The van der Waals surface area contributed by atoms with Crippen LogP contribution < -0.4 is 5.32 Å². The molecule has 0 saturated carbocycles. The highest BCUT2D eigenvalue weighted by Gasteiger charge is 2.42. The molecular formula is C12H17ClF2N4. The monoisotopic (exact) mass is 290 g/mol. The van der Waals surface area contributed by atoms with E-state index in [4.69, 9.17) is 11.6 Å². The Morgan fingerprint density at radius 2 is 2.11 bits per heavy atom. The molecule has 106 valence electrons. The number of piperidine rings is 1. The smallest absolute Gasteiger partial charge is 0.260 e. The number of nitrogens with zero attached hydrogens (tertiary/aromatic N) is 3. The first-order chi connectivity index (χ1) is 8.87. The second kappa shape index (κ2) is 5.54. The van der Waals surface area contributed by atoms with Crippen molar-refractivity contribution >= 4 is 17.5 Å². The van der Waals surface area contributed by atoms with Crippen molar-refractivity contribution in [2.45, 2.75) is 25.3 Å². The minimum Gasteiger partial charge on any atom is -0.353 e. The summed E-state index contributed by atoms with van der Waals surface area (Å²) in [6.07, 6.45) is 2.92. The molecule has 19 heavy (non-hydrogen) atoms. The van der Waals surface area contributed by atoms with Crippen molar-refractivity contribution in [3.05, 3.63) is 17.4 Å². The molecule has 1 aromatic heterocycles. The van der Waals surface area contributed by atoms with Gasteiger partial charge in [-0.15, -0.1) is 0 Å². The summed E-state index contributed by atoms with van der Waals surface area (Å²) in [5, 5.41) is 3.53. The third-order valence-corrected chi connectivity index (χ3v) is 3.61. The summed E-state index contributed by atoms with van der Waals surface area (Å²) in [5.74, 6) is -2.22. The lowest BCUT2D eigenvalue weighted by Crippen LogP contribution is -2.53. The Labute approximate surface area is 116 Å². The van der Waals surface area contributed by atoms with Crippen LogP contribution in [0.1, 0.15) is 13.3 Å². The molecule has 4 nitrogen and oxygen atoms in total. The minimum absolute atomic E-state index is 0.0407. The first-order valence-electron chi connectivity index (χ1n) is 6.17. The molecule has 0 amide bonds. The molecule has 1 aliphatic rings. The Morgan fingerprint density at radius 3 is 2.68 bits per heavy atom. The number of aromatic nitrogens is 2. The topological polar surface area (TPSA) is 41.0 Å². The fourth-order valence-corrected chi connectivity index (χ4v) is 2.64. The van der Waals surface area contributed by atoms with Gasteiger partial charge in [0.05, 0.1) is 24.0 Å². The third kappa shape index (κ3) is 3.73. The highest BCUT2D eigenvalue weighted by Crippen LogP contribution is 2.33. The number of rotatable bonds is 3. The van der Waals surface area contributed by atoms with Gasteiger partial charge in [0.25, 0.3) is 5.92 Å². The van der Waals surface area contributed by atoms with Crippen LogP contribution >= 0.6 is 11.6 Å². The quantitative estimate of drug-likeness (QED) is 0.929. The van der Waals surface area contributed by atoms with Crippen LogP contribution in [-0.4, -0.2) is 47.0 Å². The van der Waals surface area contributed by atoms with E-state index in [0.29, 0.717) is 17.5 Å². The second-order valence-corrected chi connectivity index (χ2v) is 5.56. The number of likely N-dealkylation sites (N-methyl/N-ethyl adjacent to an activating group) is 1. The van der Waals surface area contributed by atoms with Gasteiger partial charge in [0.15, 0.2) is 0 Å². The Hall–Kier alpha value is -1.01. The predicted octanol–water partition coefficient (Wildman–Crippen LogP) is 2.52. The van der Waals surface area contributed by atoms with Crippen LogP contribution in [0.5, 0.6) is 0 Å². The summed E-state index contributed by atoms with van der Waals surface area (Å²) in [5.41, 5.74) is 0. The van der Waals surface area contributed by atoms with E-state index in [-0.39, 0.29) is 24.9 Å². The normalized spacial score (nSPS) is 27.2. The molecule has 7 heteroatoms. The lowest BCUT2D eigenvalue weighted by molar-refractivity contribution is -0.0934. The molecule has 0 spiro atoms. The molecule has 2 heterocycles. The Morgan fingerprint density at radius 1 is 1.47 bits per heavy atom. The van der Waals surface area contributed by atoms with Crippen molar-refractivity contribution in [3.8, 4) is 0 Å². The Kier molecular flexibility index (Phi) is 4.20. The SMILES string of the molecule is C[C@@H]1CC(F)(F)CN(C)[C@@H]1CNc1ncc(Cl)cn1. The van der Waals surface area contributed by atoms with Crippen LogP contribution in [0.25, 0.3) is 0 Å². The van der Waals surface area contributed by atoms with E-state index < -0.39 is 5.92 Å². The first kappa shape index (κ1) is 14.4. The lowest BCUT2D eigenvalue weighted by Gasteiger charge is -2.41. The van der Waals surface area contributed by atoms with E-state index in [2.05, 4.69) is 15.3 Å². The Bertz CT molecular complexity index is 412. The van der Waals surface area contributed by atoms with Crippen molar-refractivity contribution in [2.75, 3.05) is 25.5 Å². The third-order valence-electron chi connectivity index (χ3n) is 3.41. The van der Waals surface area contributed by atoms with Gasteiger partial charge >= 0.3 is 0 Å². The van der Waals surface area contributed by atoms with Crippen LogP contribution in [0.2, 0.25) is 5.02 Å². The van der Waals surface area contributed by atoms with Gasteiger partial charge in [-0.1, -0.05) is 18.5 Å². The summed E-state index contributed by atoms with van der Waals surface area (Å²) in [7, 11) is 1.72. The largest absolute Gasteiger partial charge is 0.353 e. The van der Waals surface area contributed by atoms with E-state index in [9.17, 15) is 8.78 Å². The van der Waals surface area contributed by atoms with Crippen LogP contribution in [0.3, 0.4) is 0 Å². The van der Waals surface area contributed by atoms with Crippen molar-refractivity contribution in [1.82, 2.24) is 14.9 Å². The average molecular weight is 291 g/mol. The van der Waals surface area contributed by atoms with E-state index in [1.807, 2.05) is 6.92 Å². The standard InChI is InChI=1S/C12H17ClF2N4/c1-8-3-12(14,15)7-19(2)10(8)6-18-11-16-4-9(13)5-17-11/h4-5,8,10H,3,6-7H2,1-2H3,(H,16,17,18)/t8-,10-/m1/s1. The van der Waals surface area contributed by atoms with Gasteiger partial charge in [-0.05, 0) is 13.0 Å². The van der Waals surface area contributed by atoms with Gasteiger partial charge < -0.3 is 5.32 Å². The molecule has 0 unspecified atom stereocenters. The minimum atomic E-state index is -2.60. The highest BCUT2D eigenvalue weighted by molar-refractivity contribution is 6.30. The summed E-state index contributed by atoms with van der Waals surface area (Å²) < 4.78 is 26.8. The maximum absolute atomic E-state index is 13.4. The number of likely N-dealkylation sites (tertiary alicyclic amines) is 1. The molecule has 1 saturated heterocycles. The van der Waals surface area contributed by atoms with E-state index in [0.717, 1.165) is 0 Å². The van der Waals surface area contributed by atoms with Crippen LogP contribution in [0.15, 0.2) is 12.4 Å². The van der Waals surface area contributed by atoms with Crippen molar-refractivity contribution in [3.63, 3.8) is 0 Å². The number of nitrogens with one attached hydrogen (secondary N) is 1. The maximum atomic E-state index is 13.4. The molecule has 1 N–H and O–H groups in total. The first-order valence-corrected chi connectivity index (χ1v) is 6.55. The molecule has 1 aliphatic heterocycles. The molecule has 1 fully saturated rings. The molecule has 2 rings (SSSR count). The zero-order valence-corrected chi connectivity index (χ0v) is 11.7. The van der Waals surface area contributed by atoms with Gasteiger partial charge in [0, 0.05) is 19.0 Å². The number of hydrogen-bond donors (Lipinski definition) is 1. The molecule has 0 bridgehead atoms. The zero-order valence-electron chi connectivity index (χ0n) is 10.9. The number of alkyl halides is 2. The van der Waals surface area contributed by atoms with Gasteiger partial charge in [0.2, 0.25) is 5.95 Å². The molecule has 0 radical (unpaired) electrons. The second-order valence-electron chi connectivity index (χ2n) is 5.13. The predicted molar refractivity (Wildman–Crippen MR) is 70.7 cm³/mol. The molecule has 1 aromatic rings. The lowest BCUT2D eigenvalue weighted by atomic mass is 9.89. The zero-order chi connectivity index (χ0) is 14.0. The van der Waals surface area contributed by atoms with E-state index in [1.54, 1.807) is 11.9 Å². The fraction of sp³-hybridized carbons (Fsp3) is 0.667. The van der Waals surface area contributed by atoms with Gasteiger partial charge in [0.1, 0.15) is 0 Å². The number of hydrogen-bond acceptors (Lipinski definition) is 4. The van der Waals surface area contributed by atoms with Crippen LogP contribution in [0.4, 0.5) is 14.7 Å². The van der Waals surface area contributed by atoms with E-state index in [1.165, 1.54) is 12.4 Å². The Balaban J connectivity index is 1.94. The van der Waals surface area contributed by atoms with Crippen LogP contribution in [0, 0.1) is 5.92 Å². The van der Waals surface area contributed by atoms with Gasteiger partial charge in [-0.2, -0.15) is 0 Å². The van der Waals surface area contributed by atoms with Crippen molar-refractivity contribution in [1.29, 1.82) is 0 Å². The summed E-state index contributed by atoms with van der Waals surface area (Å²) in [6.45, 7) is 2.18. The van der Waals surface area contributed by atoms with Gasteiger partial charge in [-0.3, -0.25) is 4.90 Å². The molecule has 0 aliphatic carbocycles. The number of anilines is 1. The van der Waals surface area contributed by atoms with Crippen molar-refractivity contribution in [2.24, 2.45) is 5.92 Å².